The van der Waals surface area contributed by atoms with Gasteiger partial charge in [-0.15, -0.1) is 0 Å². The molecule has 0 unspecified atom stereocenters. The maximum Gasteiger partial charge on any atom is 0.226 e. The van der Waals surface area contributed by atoms with Gasteiger partial charge in [-0.05, 0) is 0 Å². The van der Waals surface area contributed by atoms with Crippen LogP contribution in [0, 0.1) is 0 Å². The summed E-state index contributed by atoms with van der Waals surface area (Å²) in [6, 6.07) is 0. The quantitative estimate of drug-likeness (QED) is 0.434. The lowest BCUT2D eigenvalue weighted by molar-refractivity contribution is -0.0495. The molecule has 7 N–H and O–H groups in total. The van der Waals surface area contributed by atoms with E-state index in [1.54, 1.807) is 0 Å². The van der Waals surface area contributed by atoms with Gasteiger partial charge in [0.1, 0.15) is 17.7 Å². The van der Waals surface area contributed by atoms with Crippen LogP contribution >= 0.6 is 0 Å². The molecule has 1 aliphatic rings. The first-order valence-electron chi connectivity index (χ1n) is 7.09. The molecule has 10 nitrogen and oxygen atoms in total. The van der Waals surface area contributed by atoms with Crippen LogP contribution in [0.5, 0.6) is 0 Å². The van der Waals surface area contributed by atoms with Gasteiger partial charge in [0.05, 0.1) is 12.9 Å². The zero-order valence-electron chi connectivity index (χ0n) is 12.1. The maximum absolute atomic E-state index is 13.9. The molecule has 1 aliphatic heterocycles. The molecule has 3 heterocycles. The maximum atomic E-state index is 13.9. The second-order valence-corrected chi connectivity index (χ2v) is 5.15. The number of anilines is 2. The molecule has 2 aromatic rings. The third-order valence-corrected chi connectivity index (χ3v) is 3.62. The average molecular weight is 327 g/mol. The lowest BCUT2D eigenvalue weighted by Gasteiger charge is -2.16. The van der Waals surface area contributed by atoms with E-state index in [-0.39, 0.29) is 17.4 Å². The van der Waals surface area contributed by atoms with Crippen molar-refractivity contribution >= 4 is 22.9 Å². The molecule has 2 aromatic heterocycles. The molecule has 0 spiro atoms. The van der Waals surface area contributed by atoms with E-state index in [9.17, 15) is 9.50 Å². The van der Waals surface area contributed by atoms with Crippen molar-refractivity contribution in [1.29, 1.82) is 0 Å². The fraction of sp³-hybridized carbons (Fsp3) is 0.583. The van der Waals surface area contributed by atoms with Gasteiger partial charge in [0.2, 0.25) is 5.95 Å². The molecule has 1 saturated heterocycles. The predicted molar refractivity (Wildman–Crippen MR) is 79.2 cm³/mol. The summed E-state index contributed by atoms with van der Waals surface area (Å²) in [5.41, 5.74) is 11.8. The van der Waals surface area contributed by atoms with Crippen LogP contribution in [0.3, 0.4) is 0 Å². The van der Waals surface area contributed by atoms with Crippen molar-refractivity contribution < 1.29 is 19.3 Å². The molecule has 3 rings (SSSR count). The molecule has 0 radical (unpaired) electrons. The number of ether oxygens (including phenoxy) is 1. The van der Waals surface area contributed by atoms with Gasteiger partial charge >= 0.3 is 0 Å². The third kappa shape index (κ3) is 2.67. The number of alkyl halides is 1. The molecule has 0 bridgehead atoms. The van der Waals surface area contributed by atoms with Gasteiger partial charge < -0.3 is 31.7 Å². The Labute approximate surface area is 130 Å². The summed E-state index contributed by atoms with van der Waals surface area (Å²) in [5, 5.41) is 22.0. The number of hydrogen-bond donors (Lipinski definition) is 5. The Hall–Kier alpha value is -2.08. The van der Waals surface area contributed by atoms with Crippen molar-refractivity contribution in [2.24, 2.45) is 5.73 Å². The Balaban J connectivity index is 1.99. The van der Waals surface area contributed by atoms with Gasteiger partial charge in [-0.1, -0.05) is 0 Å². The molecule has 126 valence electrons. The van der Waals surface area contributed by atoms with Crippen molar-refractivity contribution in [3.8, 4) is 0 Å². The van der Waals surface area contributed by atoms with E-state index in [0.717, 1.165) is 0 Å². The topological polar surface area (TPSA) is 157 Å². The van der Waals surface area contributed by atoms with Gasteiger partial charge in [0.15, 0.2) is 23.9 Å². The van der Waals surface area contributed by atoms with E-state index in [4.69, 9.17) is 21.3 Å². The van der Waals surface area contributed by atoms with Gasteiger partial charge in [-0.3, -0.25) is 4.57 Å². The van der Waals surface area contributed by atoms with E-state index in [1.807, 2.05) is 0 Å². The minimum Gasteiger partial charge on any atom is -0.394 e. The monoisotopic (exact) mass is 327 g/mol. The number of halogens is 1. The fourth-order valence-electron chi connectivity index (χ4n) is 2.47. The van der Waals surface area contributed by atoms with E-state index < -0.39 is 31.2 Å². The summed E-state index contributed by atoms with van der Waals surface area (Å²) >= 11 is 0. The number of nitrogen functional groups attached to an aromatic ring is 1. The van der Waals surface area contributed by atoms with Gasteiger partial charge in [0.25, 0.3) is 0 Å². The Morgan fingerprint density at radius 1 is 1.43 bits per heavy atom. The minimum atomic E-state index is -1.71. The lowest BCUT2D eigenvalue weighted by atomic mass is 10.1. The van der Waals surface area contributed by atoms with Gasteiger partial charge in [-0.25, -0.2) is 9.37 Å². The van der Waals surface area contributed by atoms with Crippen LogP contribution in [0.4, 0.5) is 16.2 Å². The van der Waals surface area contributed by atoms with Crippen molar-refractivity contribution in [3.63, 3.8) is 0 Å². The third-order valence-electron chi connectivity index (χ3n) is 3.62. The fourth-order valence-corrected chi connectivity index (χ4v) is 2.47. The number of nitrogens with two attached hydrogens (primary N) is 2. The van der Waals surface area contributed by atoms with Crippen molar-refractivity contribution in [2.45, 2.75) is 24.6 Å². The standard InChI is InChI=1S/C12H18FN7O3/c13-6-5(3-21)23-11(8(6)22)20-4-17-7-9(15)18-12(16-2-1-14)19-10(7)20/h4-6,8,11,21-22H,1-3,14H2,(H3,15,16,18,19)/t5-,6-,8+,11-/m1/s1. The Morgan fingerprint density at radius 3 is 2.87 bits per heavy atom. The summed E-state index contributed by atoms with van der Waals surface area (Å²) in [5.74, 6) is 0.376. The van der Waals surface area contributed by atoms with Crippen molar-refractivity contribution in [3.05, 3.63) is 6.33 Å². The molecular formula is C12H18FN7O3. The first kappa shape index (κ1) is 15.8. The van der Waals surface area contributed by atoms with E-state index in [2.05, 4.69) is 20.3 Å². The van der Waals surface area contributed by atoms with Crippen molar-refractivity contribution in [1.82, 2.24) is 19.5 Å². The highest BCUT2D eigenvalue weighted by atomic mass is 19.1. The zero-order valence-corrected chi connectivity index (χ0v) is 12.1. The predicted octanol–water partition coefficient (Wildman–Crippen LogP) is -1.63. The highest BCUT2D eigenvalue weighted by Gasteiger charge is 2.45. The zero-order chi connectivity index (χ0) is 16.6. The number of aliphatic hydroxyl groups excluding tert-OH is 2. The van der Waals surface area contributed by atoms with Gasteiger partial charge in [0, 0.05) is 13.1 Å². The summed E-state index contributed by atoms with van der Waals surface area (Å²) in [7, 11) is 0. The number of imidazole rings is 1. The van der Waals surface area contributed by atoms with Crippen LogP contribution in [-0.2, 0) is 4.74 Å². The summed E-state index contributed by atoms with van der Waals surface area (Å²) in [4.78, 5) is 12.4. The van der Waals surface area contributed by atoms with Crippen LogP contribution in [0.25, 0.3) is 11.2 Å². The molecule has 0 aliphatic carbocycles. The van der Waals surface area contributed by atoms with E-state index in [0.29, 0.717) is 18.6 Å². The summed E-state index contributed by atoms with van der Waals surface area (Å²) in [6.07, 6.45) is -4.01. The number of fused-ring (bicyclic) bond motifs is 1. The highest BCUT2D eigenvalue weighted by Crippen LogP contribution is 2.33. The SMILES string of the molecule is NCCNc1nc(N)c2ncn([C@@H]3O[C@H](CO)[C@@H](F)[C@@H]3O)c2n1. The van der Waals surface area contributed by atoms with Crippen LogP contribution in [0.15, 0.2) is 6.33 Å². The highest BCUT2D eigenvalue weighted by molar-refractivity contribution is 5.82. The number of nitrogens with one attached hydrogen (secondary N) is 1. The lowest BCUT2D eigenvalue weighted by Crippen LogP contribution is -2.29. The number of nitrogens with zero attached hydrogens (tertiary/aromatic N) is 4. The van der Waals surface area contributed by atoms with Crippen LogP contribution in [0.2, 0.25) is 0 Å². The Morgan fingerprint density at radius 2 is 2.22 bits per heavy atom. The molecule has 0 saturated carbocycles. The normalized spacial score (nSPS) is 27.7. The number of rotatable bonds is 5. The van der Waals surface area contributed by atoms with Crippen LogP contribution in [-0.4, -0.2) is 67.8 Å². The van der Waals surface area contributed by atoms with E-state index >= 15 is 0 Å². The largest absolute Gasteiger partial charge is 0.394 e. The first-order chi connectivity index (χ1) is 11.1. The second kappa shape index (κ2) is 6.20. The number of hydrogen-bond acceptors (Lipinski definition) is 9. The molecule has 0 amide bonds. The molecular weight excluding hydrogens is 309 g/mol. The summed E-state index contributed by atoms with van der Waals surface area (Å²) in [6.45, 7) is 0.287. The smallest absolute Gasteiger partial charge is 0.226 e. The molecule has 4 atom stereocenters. The minimum absolute atomic E-state index is 0.135. The second-order valence-electron chi connectivity index (χ2n) is 5.15. The van der Waals surface area contributed by atoms with E-state index in [1.165, 1.54) is 10.9 Å². The van der Waals surface area contributed by atoms with Gasteiger partial charge in [-0.2, -0.15) is 9.97 Å². The molecule has 0 aromatic carbocycles. The Kier molecular flexibility index (Phi) is 4.26. The van der Waals surface area contributed by atoms with Crippen LogP contribution in [0.1, 0.15) is 6.23 Å². The number of aromatic nitrogens is 4. The molecule has 1 fully saturated rings. The first-order valence-corrected chi connectivity index (χ1v) is 7.09. The molecule has 23 heavy (non-hydrogen) atoms. The average Bonchev–Trinajstić information content (AvgIpc) is 3.08. The Bertz CT molecular complexity index is 697. The number of aliphatic hydroxyl groups is 2. The summed E-state index contributed by atoms with van der Waals surface area (Å²) < 4.78 is 20.6. The van der Waals surface area contributed by atoms with Crippen LogP contribution < -0.4 is 16.8 Å². The van der Waals surface area contributed by atoms with Crippen molar-refractivity contribution in [2.75, 3.05) is 30.7 Å². The molecule has 11 heteroatoms.